The molecule has 29 heavy (non-hydrogen) atoms. The molecule has 1 aliphatic rings. The van der Waals surface area contributed by atoms with Crippen LogP contribution in [0.5, 0.6) is 0 Å². The van der Waals surface area contributed by atoms with E-state index in [-0.39, 0.29) is 29.6 Å². The van der Waals surface area contributed by atoms with Crippen molar-refractivity contribution in [1.29, 1.82) is 0 Å². The van der Waals surface area contributed by atoms with Gasteiger partial charge in [0.2, 0.25) is 0 Å². The van der Waals surface area contributed by atoms with Crippen molar-refractivity contribution in [1.82, 2.24) is 24.7 Å². The van der Waals surface area contributed by atoms with Crippen LogP contribution in [0, 0.1) is 20.8 Å². The molecule has 1 fully saturated rings. The van der Waals surface area contributed by atoms with Crippen molar-refractivity contribution in [2.75, 3.05) is 18.5 Å². The van der Waals surface area contributed by atoms with E-state index >= 15 is 0 Å². The van der Waals surface area contributed by atoms with E-state index in [0.29, 0.717) is 23.5 Å². The molecule has 1 aliphatic heterocycles. The molecule has 0 bridgehead atoms. The van der Waals surface area contributed by atoms with Crippen LogP contribution in [0.3, 0.4) is 0 Å². The molecule has 0 aliphatic carbocycles. The normalized spacial score (nSPS) is 20.0. The summed E-state index contributed by atoms with van der Waals surface area (Å²) in [4.78, 5) is 11.7. The molecule has 4 rings (SSSR count). The number of nitrogens with zero attached hydrogens (tertiary/aromatic N) is 5. The van der Waals surface area contributed by atoms with Crippen LogP contribution in [0.2, 0.25) is 0 Å². The number of benzene rings is 2. The second kappa shape index (κ2) is 8.23. The maximum Gasteiger partial charge on any atom is 1.00 e. The third kappa shape index (κ3) is 3.93. The number of aliphatic carboxylic acids is 1. The Labute approximate surface area is 191 Å². The van der Waals surface area contributed by atoms with Gasteiger partial charge in [-0.15, -0.1) is 5.10 Å². The van der Waals surface area contributed by atoms with Crippen molar-refractivity contribution in [2.45, 2.75) is 26.8 Å². The van der Waals surface area contributed by atoms with Gasteiger partial charge in [-0.1, -0.05) is 24.3 Å². The fourth-order valence-electron chi connectivity index (χ4n) is 4.00. The van der Waals surface area contributed by atoms with Crippen LogP contribution in [0.15, 0.2) is 42.5 Å². The summed E-state index contributed by atoms with van der Waals surface area (Å²) in [5.41, 5.74) is 4.94. The molecule has 9 heteroatoms. The quantitative estimate of drug-likeness (QED) is 0.295. The number of para-hydroxylation sites is 1. The maximum atomic E-state index is 11.7. The number of aryl methyl sites for hydroxylation is 3. The van der Waals surface area contributed by atoms with Crippen molar-refractivity contribution in [3.63, 3.8) is 0 Å². The third-order valence-electron chi connectivity index (χ3n) is 5.40. The first-order valence-corrected chi connectivity index (χ1v) is 9.16. The molecular formula is C20H22N6NaO2+. The number of hydrogen-bond acceptors (Lipinski definition) is 6. The summed E-state index contributed by atoms with van der Waals surface area (Å²) in [5.74, 6) is -0.318. The Morgan fingerprint density at radius 2 is 1.90 bits per heavy atom. The minimum absolute atomic E-state index is 0. The van der Waals surface area contributed by atoms with Gasteiger partial charge in [-0.25, -0.2) is 0 Å². The third-order valence-corrected chi connectivity index (χ3v) is 5.40. The van der Waals surface area contributed by atoms with Gasteiger partial charge in [0.1, 0.15) is 18.2 Å². The van der Waals surface area contributed by atoms with Gasteiger partial charge in [0.05, 0.1) is 5.69 Å². The van der Waals surface area contributed by atoms with Crippen LogP contribution in [-0.2, 0) is 4.79 Å². The van der Waals surface area contributed by atoms with Gasteiger partial charge in [0.15, 0.2) is 18.5 Å². The topological polar surface area (TPSA) is 95.8 Å². The van der Waals surface area contributed by atoms with E-state index in [1.165, 1.54) is 0 Å². The molecule has 1 saturated heterocycles. The van der Waals surface area contributed by atoms with E-state index in [9.17, 15) is 9.90 Å². The number of carboxylic acid groups (broad SMARTS) is 1. The molecule has 2 atom stereocenters. The van der Waals surface area contributed by atoms with Gasteiger partial charge < -0.3 is 15.2 Å². The Balaban J connectivity index is 0.00000240. The van der Waals surface area contributed by atoms with Crippen LogP contribution >= 0.6 is 0 Å². The minimum atomic E-state index is -1.01. The fraction of sp³-hybridized carbons (Fsp3) is 0.300. The smallest absolute Gasteiger partial charge is 0.544 e. The summed E-state index contributed by atoms with van der Waals surface area (Å²) in [6.07, 6.45) is 0. The maximum absolute atomic E-state index is 11.7. The molecule has 2 heterocycles. The number of aromatic nitrogens is 4. The monoisotopic (exact) mass is 401 g/mol. The van der Waals surface area contributed by atoms with E-state index in [1.54, 1.807) is 4.68 Å². The molecule has 3 aromatic rings. The van der Waals surface area contributed by atoms with Gasteiger partial charge in [-0.2, -0.15) is 4.68 Å². The number of rotatable bonds is 6. The first-order valence-electron chi connectivity index (χ1n) is 9.16. The number of nitrogens with one attached hydrogen (secondary N) is 1. The standard InChI is InChI=1S/C20H22N6O2.Na/c1-13-6-4-7-14(2)19(13)26(11-18(26)20(27)28)12-21-16-8-5-9-17(10-16)25-15(3)22-23-24-25;/h4-10,18,21H,11-12H2,1-3H3;/q;+1. The molecule has 2 unspecified atom stereocenters. The van der Waals surface area contributed by atoms with Gasteiger partial charge in [-0.3, -0.25) is 4.48 Å². The fourth-order valence-corrected chi connectivity index (χ4v) is 4.00. The first kappa shape index (κ1) is 21.4. The summed E-state index contributed by atoms with van der Waals surface area (Å²) in [6.45, 7) is 6.86. The summed E-state index contributed by atoms with van der Waals surface area (Å²) >= 11 is 0. The van der Waals surface area contributed by atoms with Crippen LogP contribution in [0.4, 0.5) is 11.4 Å². The van der Waals surface area contributed by atoms with Crippen molar-refractivity contribution < 1.29 is 39.5 Å². The molecule has 1 aromatic heterocycles. The molecule has 8 nitrogen and oxygen atoms in total. The van der Waals surface area contributed by atoms with Crippen molar-refractivity contribution >= 4 is 17.3 Å². The first-order chi connectivity index (χ1) is 13.4. The zero-order valence-electron chi connectivity index (χ0n) is 17.1. The van der Waals surface area contributed by atoms with Gasteiger partial charge in [-0.05, 0) is 49.4 Å². The Kier molecular flexibility index (Phi) is 6.09. The van der Waals surface area contributed by atoms with Crippen LogP contribution in [0.1, 0.15) is 17.0 Å². The van der Waals surface area contributed by atoms with Crippen molar-refractivity contribution in [3.8, 4) is 5.69 Å². The van der Waals surface area contributed by atoms with E-state index in [1.807, 2.05) is 63.2 Å². The number of carbonyl (C=O) groups excluding carboxylic acids is 1. The molecule has 0 saturated carbocycles. The Bertz CT molecular complexity index is 1030. The zero-order chi connectivity index (χ0) is 19.9. The number of tetrazole rings is 1. The molecule has 1 N–H and O–H groups in total. The molecule has 144 valence electrons. The summed E-state index contributed by atoms with van der Waals surface area (Å²) < 4.78 is 2.00. The van der Waals surface area contributed by atoms with E-state index < -0.39 is 12.0 Å². The van der Waals surface area contributed by atoms with E-state index in [2.05, 4.69) is 20.8 Å². The van der Waals surface area contributed by atoms with Crippen LogP contribution in [-0.4, -0.2) is 45.4 Å². The summed E-state index contributed by atoms with van der Waals surface area (Å²) in [7, 11) is 0. The Morgan fingerprint density at radius 1 is 1.21 bits per heavy atom. The number of anilines is 1. The average molecular weight is 401 g/mol. The van der Waals surface area contributed by atoms with Crippen LogP contribution < -0.4 is 44.5 Å². The number of quaternary nitrogens is 1. The number of hydrogen-bond donors (Lipinski definition) is 1. The molecule has 0 amide bonds. The Hall–Kier alpha value is -2.26. The SMILES string of the molecule is Cc1cccc(C)c1[N+]1(CNc2cccc(-n3nnnc3C)c2)CC1C(=O)[O-].[Na+]. The van der Waals surface area contributed by atoms with Crippen molar-refractivity contribution in [2.24, 2.45) is 0 Å². The van der Waals surface area contributed by atoms with Crippen LogP contribution in [0.25, 0.3) is 5.69 Å². The predicted octanol–water partition coefficient (Wildman–Crippen LogP) is -1.90. The summed E-state index contributed by atoms with van der Waals surface area (Å²) in [5, 5.41) is 26.6. The number of carboxylic acids is 1. The molecule has 0 spiro atoms. The minimum Gasteiger partial charge on any atom is -0.544 e. The summed E-state index contributed by atoms with van der Waals surface area (Å²) in [6, 6.07) is 13.2. The molecule has 2 aromatic carbocycles. The average Bonchev–Trinajstić information content (AvgIpc) is 3.24. The largest absolute Gasteiger partial charge is 1.00 e. The van der Waals surface area contributed by atoms with Crippen molar-refractivity contribution in [3.05, 3.63) is 59.4 Å². The second-order valence-corrected chi connectivity index (χ2v) is 7.32. The Morgan fingerprint density at radius 3 is 2.48 bits per heavy atom. The van der Waals surface area contributed by atoms with Gasteiger partial charge >= 0.3 is 29.6 Å². The zero-order valence-corrected chi connectivity index (χ0v) is 19.1. The van der Waals surface area contributed by atoms with E-state index in [0.717, 1.165) is 28.2 Å². The van der Waals surface area contributed by atoms with Gasteiger partial charge in [0.25, 0.3) is 0 Å². The molecule has 0 radical (unpaired) electrons. The van der Waals surface area contributed by atoms with Gasteiger partial charge in [0, 0.05) is 16.8 Å². The second-order valence-electron chi connectivity index (χ2n) is 7.32. The van der Waals surface area contributed by atoms with E-state index in [4.69, 9.17) is 0 Å². The predicted molar refractivity (Wildman–Crippen MR) is 104 cm³/mol. The molecular weight excluding hydrogens is 379 g/mol. The number of carbonyl (C=O) groups is 1.